The van der Waals surface area contributed by atoms with Crippen LogP contribution in [0, 0.1) is 19.8 Å². The van der Waals surface area contributed by atoms with Gasteiger partial charge in [0.15, 0.2) is 0 Å². The minimum atomic E-state index is -0.303. The first-order valence-corrected chi connectivity index (χ1v) is 10.5. The van der Waals surface area contributed by atoms with Crippen LogP contribution in [-0.4, -0.2) is 53.8 Å². The SMILES string of the molecule is Cc1cc(C)cc(/C=C/C2CCN(C(=O)CN3CCCCC3C(N)=O)CC2)c1. The molecule has 0 bridgehead atoms. The van der Waals surface area contributed by atoms with Gasteiger partial charge in [0.1, 0.15) is 0 Å². The molecule has 1 aromatic rings. The highest BCUT2D eigenvalue weighted by atomic mass is 16.2. The van der Waals surface area contributed by atoms with Gasteiger partial charge < -0.3 is 10.6 Å². The van der Waals surface area contributed by atoms with E-state index in [-0.39, 0.29) is 17.9 Å². The lowest BCUT2D eigenvalue weighted by Gasteiger charge is -2.36. The minimum Gasteiger partial charge on any atom is -0.368 e. The van der Waals surface area contributed by atoms with Gasteiger partial charge in [0.05, 0.1) is 12.6 Å². The van der Waals surface area contributed by atoms with Crippen LogP contribution in [0.5, 0.6) is 0 Å². The van der Waals surface area contributed by atoms with Gasteiger partial charge in [-0.1, -0.05) is 47.9 Å². The number of hydrogen-bond acceptors (Lipinski definition) is 3. The number of aryl methyl sites for hydroxylation is 2. The molecule has 3 rings (SSSR count). The second-order valence-electron chi connectivity index (χ2n) is 8.38. The summed E-state index contributed by atoms with van der Waals surface area (Å²) in [6.07, 6.45) is 9.31. The summed E-state index contributed by atoms with van der Waals surface area (Å²) in [6, 6.07) is 6.31. The summed E-state index contributed by atoms with van der Waals surface area (Å²) in [5.74, 6) is 0.339. The zero-order valence-corrected chi connectivity index (χ0v) is 17.2. The van der Waals surface area contributed by atoms with Gasteiger partial charge in [-0.25, -0.2) is 0 Å². The summed E-state index contributed by atoms with van der Waals surface area (Å²) < 4.78 is 0. The van der Waals surface area contributed by atoms with Gasteiger partial charge in [0, 0.05) is 13.1 Å². The maximum absolute atomic E-state index is 12.7. The topological polar surface area (TPSA) is 66.6 Å². The highest BCUT2D eigenvalue weighted by molar-refractivity contribution is 5.82. The van der Waals surface area contributed by atoms with Crippen molar-refractivity contribution in [3.63, 3.8) is 0 Å². The third-order valence-corrected chi connectivity index (χ3v) is 5.98. The van der Waals surface area contributed by atoms with Crippen LogP contribution in [0.15, 0.2) is 24.3 Å². The van der Waals surface area contributed by atoms with Crippen molar-refractivity contribution < 1.29 is 9.59 Å². The van der Waals surface area contributed by atoms with Crippen molar-refractivity contribution in [2.24, 2.45) is 11.7 Å². The second kappa shape index (κ2) is 9.37. The maximum atomic E-state index is 12.7. The Labute approximate surface area is 168 Å². The monoisotopic (exact) mass is 383 g/mol. The Morgan fingerprint density at radius 1 is 1.04 bits per heavy atom. The van der Waals surface area contributed by atoms with Crippen molar-refractivity contribution in [3.05, 3.63) is 41.0 Å². The number of carbonyl (C=O) groups is 2. The number of allylic oxidation sites excluding steroid dienone is 1. The Morgan fingerprint density at radius 3 is 2.36 bits per heavy atom. The molecule has 1 aromatic carbocycles. The first kappa shape index (κ1) is 20.6. The largest absolute Gasteiger partial charge is 0.368 e. The summed E-state index contributed by atoms with van der Waals surface area (Å²) in [4.78, 5) is 28.3. The van der Waals surface area contributed by atoms with Crippen LogP contribution in [0.25, 0.3) is 6.08 Å². The van der Waals surface area contributed by atoms with E-state index in [0.717, 1.165) is 51.7 Å². The van der Waals surface area contributed by atoms with Crippen LogP contribution in [0.1, 0.15) is 48.8 Å². The minimum absolute atomic E-state index is 0.130. The lowest BCUT2D eigenvalue weighted by Crippen LogP contribution is -2.52. The molecule has 0 aliphatic carbocycles. The van der Waals surface area contributed by atoms with Crippen molar-refractivity contribution in [1.82, 2.24) is 9.80 Å². The fourth-order valence-corrected chi connectivity index (χ4v) is 4.47. The summed E-state index contributed by atoms with van der Waals surface area (Å²) in [6.45, 7) is 6.93. The van der Waals surface area contributed by atoms with Gasteiger partial charge in [-0.2, -0.15) is 0 Å². The van der Waals surface area contributed by atoms with Crippen LogP contribution in [-0.2, 0) is 9.59 Å². The summed E-state index contributed by atoms with van der Waals surface area (Å²) in [5.41, 5.74) is 9.33. The van der Waals surface area contributed by atoms with Gasteiger partial charge in [-0.05, 0) is 57.6 Å². The molecule has 2 fully saturated rings. The smallest absolute Gasteiger partial charge is 0.236 e. The number of carbonyl (C=O) groups excluding carboxylic acids is 2. The van der Waals surface area contributed by atoms with E-state index >= 15 is 0 Å². The zero-order chi connectivity index (χ0) is 20.1. The fourth-order valence-electron chi connectivity index (χ4n) is 4.47. The van der Waals surface area contributed by atoms with Crippen LogP contribution >= 0.6 is 0 Å². The number of benzene rings is 1. The lowest BCUT2D eigenvalue weighted by atomic mass is 9.95. The number of hydrogen-bond donors (Lipinski definition) is 1. The molecular formula is C23H33N3O2. The van der Waals surface area contributed by atoms with Crippen molar-refractivity contribution in [2.75, 3.05) is 26.2 Å². The average Bonchev–Trinajstić information content (AvgIpc) is 2.66. The third kappa shape index (κ3) is 5.44. The summed E-state index contributed by atoms with van der Waals surface area (Å²) in [5, 5.41) is 0. The molecule has 0 spiro atoms. The van der Waals surface area contributed by atoms with E-state index in [1.54, 1.807) is 0 Å². The molecule has 152 valence electrons. The molecule has 28 heavy (non-hydrogen) atoms. The standard InChI is InChI=1S/C23H33N3O2/c1-17-13-18(2)15-20(14-17)7-6-19-8-11-25(12-9-19)22(27)16-26-10-4-3-5-21(26)23(24)28/h6-7,13-15,19,21H,3-5,8-12,16H2,1-2H3,(H2,24,28)/b7-6+. The molecule has 2 aliphatic rings. The number of primary amides is 1. The van der Waals surface area contributed by atoms with E-state index in [9.17, 15) is 9.59 Å². The van der Waals surface area contributed by atoms with Gasteiger partial charge in [0.2, 0.25) is 11.8 Å². The van der Waals surface area contributed by atoms with Crippen LogP contribution in [0.3, 0.4) is 0 Å². The molecule has 2 saturated heterocycles. The number of amides is 2. The van der Waals surface area contributed by atoms with Gasteiger partial charge in [-0.15, -0.1) is 0 Å². The lowest BCUT2D eigenvalue weighted by molar-refractivity contribution is -0.136. The molecule has 5 heteroatoms. The molecule has 0 radical (unpaired) electrons. The molecule has 2 N–H and O–H groups in total. The number of rotatable bonds is 5. The zero-order valence-electron chi connectivity index (χ0n) is 17.2. The van der Waals surface area contributed by atoms with E-state index in [0.29, 0.717) is 12.5 Å². The number of nitrogens with two attached hydrogens (primary N) is 1. The Kier molecular flexibility index (Phi) is 6.89. The third-order valence-electron chi connectivity index (χ3n) is 5.98. The Balaban J connectivity index is 1.49. The quantitative estimate of drug-likeness (QED) is 0.850. The van der Waals surface area contributed by atoms with Crippen molar-refractivity contribution in [1.29, 1.82) is 0 Å². The molecule has 0 saturated carbocycles. The molecule has 1 atom stereocenters. The molecule has 2 aliphatic heterocycles. The molecule has 0 aromatic heterocycles. The van der Waals surface area contributed by atoms with Gasteiger partial charge in [0.25, 0.3) is 0 Å². The normalized spacial score (nSPS) is 21.9. The highest BCUT2D eigenvalue weighted by Gasteiger charge is 2.30. The number of likely N-dealkylation sites (tertiary alicyclic amines) is 2. The predicted molar refractivity (Wildman–Crippen MR) is 113 cm³/mol. The average molecular weight is 384 g/mol. The molecule has 2 heterocycles. The molecule has 1 unspecified atom stereocenters. The van der Waals surface area contributed by atoms with Crippen LogP contribution in [0.4, 0.5) is 0 Å². The summed E-state index contributed by atoms with van der Waals surface area (Å²) in [7, 11) is 0. The van der Waals surface area contributed by atoms with Crippen molar-refractivity contribution in [3.8, 4) is 0 Å². The molecule has 2 amide bonds. The van der Waals surface area contributed by atoms with Crippen LogP contribution < -0.4 is 5.73 Å². The Hall–Kier alpha value is -2.14. The number of nitrogens with zero attached hydrogens (tertiary/aromatic N) is 2. The van der Waals surface area contributed by atoms with E-state index in [1.807, 2.05) is 9.80 Å². The Bertz CT molecular complexity index is 715. The van der Waals surface area contributed by atoms with Crippen molar-refractivity contribution in [2.45, 2.75) is 52.0 Å². The first-order chi connectivity index (χ1) is 13.4. The summed E-state index contributed by atoms with van der Waals surface area (Å²) >= 11 is 0. The highest BCUT2D eigenvalue weighted by Crippen LogP contribution is 2.22. The molecular weight excluding hydrogens is 350 g/mol. The van der Waals surface area contributed by atoms with Crippen molar-refractivity contribution >= 4 is 17.9 Å². The van der Waals surface area contributed by atoms with E-state index < -0.39 is 0 Å². The van der Waals surface area contributed by atoms with E-state index in [2.05, 4.69) is 44.2 Å². The maximum Gasteiger partial charge on any atom is 0.236 e. The Morgan fingerprint density at radius 2 is 1.71 bits per heavy atom. The number of piperidine rings is 2. The first-order valence-electron chi connectivity index (χ1n) is 10.5. The van der Waals surface area contributed by atoms with Gasteiger partial charge >= 0.3 is 0 Å². The predicted octanol–water partition coefficient (Wildman–Crippen LogP) is 2.90. The fraction of sp³-hybridized carbons (Fsp3) is 0.565. The van der Waals surface area contributed by atoms with Crippen LogP contribution in [0.2, 0.25) is 0 Å². The second-order valence-corrected chi connectivity index (χ2v) is 8.38. The van der Waals surface area contributed by atoms with Gasteiger partial charge in [-0.3, -0.25) is 14.5 Å². The van der Waals surface area contributed by atoms with E-state index in [4.69, 9.17) is 5.73 Å². The molecule has 5 nitrogen and oxygen atoms in total. The van der Waals surface area contributed by atoms with E-state index in [1.165, 1.54) is 16.7 Å².